The van der Waals surface area contributed by atoms with Crippen LogP contribution in [-0.2, 0) is 47.8 Å². The number of rotatable bonds is 98. The minimum absolute atomic E-state index is 0.167. The maximum atomic E-state index is 15.0. The molecule has 6 atom stereocenters. The van der Waals surface area contributed by atoms with Gasteiger partial charge in [-0.05, 0) is 153 Å². The van der Waals surface area contributed by atoms with E-state index in [0.29, 0.717) is 62.6 Å². The summed E-state index contributed by atoms with van der Waals surface area (Å²) in [5, 5.41) is 1.08. The lowest BCUT2D eigenvalue weighted by Crippen LogP contribution is -2.42. The van der Waals surface area contributed by atoms with Gasteiger partial charge in [-0.3, -0.25) is 28.9 Å². The van der Waals surface area contributed by atoms with Crippen molar-refractivity contribution in [1.29, 1.82) is 0 Å². The molecule has 2 rings (SSSR count). The number of hydroxylamine groups is 4. The monoisotopic (exact) mass is 1740 g/mol. The summed E-state index contributed by atoms with van der Waals surface area (Å²) >= 11 is 0. The summed E-state index contributed by atoms with van der Waals surface area (Å²) < 4.78 is 27.0. The van der Waals surface area contributed by atoms with Gasteiger partial charge in [0.05, 0.1) is 37.3 Å². The first-order chi connectivity index (χ1) is 61.2. The fourth-order valence-electron chi connectivity index (χ4n) is 18.4. The molecule has 0 aromatic rings. The van der Waals surface area contributed by atoms with E-state index in [-0.39, 0.29) is 24.7 Å². The molecule has 0 aromatic heterocycles. The molecule has 0 aliphatic carbocycles. The van der Waals surface area contributed by atoms with Gasteiger partial charge in [-0.15, -0.1) is 0 Å². The molecular formula is C111H204N2O11. The van der Waals surface area contributed by atoms with Crippen LogP contribution in [0.2, 0.25) is 0 Å². The largest absolute Gasteiger partial charge is 0.560 e. The van der Waals surface area contributed by atoms with Gasteiger partial charge in [0.15, 0.2) is 0 Å². The average molecular weight is 1740 g/mol. The topological polar surface area (TPSA) is 147 Å². The molecule has 724 valence electrons. The van der Waals surface area contributed by atoms with Crippen LogP contribution >= 0.6 is 0 Å². The molecule has 13 heteroatoms. The van der Waals surface area contributed by atoms with Crippen LogP contribution in [-0.4, -0.2) is 91.8 Å². The van der Waals surface area contributed by atoms with Gasteiger partial charge in [0.1, 0.15) is 0 Å². The summed E-state index contributed by atoms with van der Waals surface area (Å²) in [5.41, 5.74) is 0. The summed E-state index contributed by atoms with van der Waals surface area (Å²) in [6.07, 6.45) is 110. The Morgan fingerprint density at radius 1 is 0.258 bits per heavy atom. The highest BCUT2D eigenvalue weighted by Gasteiger charge is 2.51. The summed E-state index contributed by atoms with van der Waals surface area (Å²) in [6, 6.07) is 0. The van der Waals surface area contributed by atoms with Crippen molar-refractivity contribution < 1.29 is 52.6 Å². The number of carbonyl (C=O) groups excluding carboxylic acids is 5. The van der Waals surface area contributed by atoms with Crippen LogP contribution in [0.25, 0.3) is 0 Å². The molecule has 2 aliphatic heterocycles. The Hall–Kier alpha value is -3.65. The number of amides is 4. The van der Waals surface area contributed by atoms with Crippen LogP contribution in [0, 0.1) is 23.7 Å². The van der Waals surface area contributed by atoms with Crippen LogP contribution < -0.4 is 0 Å². The zero-order valence-corrected chi connectivity index (χ0v) is 82.8. The average Bonchev–Trinajstić information content (AvgIpc) is 1.65. The van der Waals surface area contributed by atoms with E-state index in [1.54, 1.807) is 0 Å². The summed E-state index contributed by atoms with van der Waals surface area (Å²) in [6.45, 7) is 16.5. The molecule has 4 amide bonds. The molecule has 2 heterocycles. The van der Waals surface area contributed by atoms with E-state index in [1.807, 2.05) is 0 Å². The smallest absolute Gasteiger partial charge is 0.379 e. The molecule has 13 nitrogen and oxygen atoms in total. The summed E-state index contributed by atoms with van der Waals surface area (Å²) in [7, 11) is 0. The third-order valence-corrected chi connectivity index (χ3v) is 26.5. The van der Waals surface area contributed by atoms with Gasteiger partial charge in [0.25, 0.3) is 23.6 Å². The Morgan fingerprint density at radius 3 is 0.661 bits per heavy atom. The highest BCUT2D eigenvalue weighted by atomic mass is 16.9. The first-order valence-corrected chi connectivity index (χ1v) is 54.8. The van der Waals surface area contributed by atoms with Gasteiger partial charge in [0, 0.05) is 39.3 Å². The van der Waals surface area contributed by atoms with E-state index in [4.69, 9.17) is 28.6 Å². The van der Waals surface area contributed by atoms with Crippen molar-refractivity contribution in [2.75, 3.05) is 39.6 Å². The molecule has 124 heavy (non-hydrogen) atoms. The fraction of sp³-hybridized carbons (Fsp3) is 0.883. The number of hydrogen-bond donors (Lipinski definition) is 0. The number of hydrogen-bond acceptors (Lipinski definition) is 11. The quantitative estimate of drug-likeness (QED) is 0.0326. The van der Waals surface area contributed by atoms with E-state index >= 15 is 0 Å². The van der Waals surface area contributed by atoms with Gasteiger partial charge in [-0.25, -0.2) is 0 Å². The van der Waals surface area contributed by atoms with Crippen LogP contribution in [0.15, 0.2) is 48.6 Å². The highest BCUT2D eigenvalue weighted by molar-refractivity contribution is 6.04. The molecular weight excluding hydrogens is 1540 g/mol. The second kappa shape index (κ2) is 91.3. The third kappa shape index (κ3) is 68.4. The normalized spacial score (nSPS) is 15.7. The van der Waals surface area contributed by atoms with Gasteiger partial charge in [0.2, 0.25) is 0 Å². The van der Waals surface area contributed by atoms with Crippen molar-refractivity contribution in [3.8, 4) is 0 Å². The lowest BCUT2D eigenvalue weighted by Gasteiger charge is -2.31. The second-order valence-electron chi connectivity index (χ2n) is 38.1. The molecule has 2 aliphatic rings. The minimum Gasteiger partial charge on any atom is -0.379 e. The van der Waals surface area contributed by atoms with Crippen LogP contribution in [0.4, 0.5) is 4.79 Å². The van der Waals surface area contributed by atoms with Crippen molar-refractivity contribution in [3.63, 3.8) is 0 Å². The Morgan fingerprint density at radius 2 is 0.444 bits per heavy atom. The van der Waals surface area contributed by atoms with Gasteiger partial charge >= 0.3 is 6.16 Å². The predicted molar refractivity (Wildman–Crippen MR) is 526 cm³/mol. The van der Waals surface area contributed by atoms with Gasteiger partial charge < -0.3 is 18.9 Å². The molecule has 6 unspecified atom stereocenters. The maximum Gasteiger partial charge on any atom is 0.560 e. The lowest BCUT2D eigenvalue weighted by molar-refractivity contribution is -0.200. The van der Waals surface area contributed by atoms with E-state index in [9.17, 15) is 24.0 Å². The van der Waals surface area contributed by atoms with Crippen LogP contribution in [0.5, 0.6) is 0 Å². The zero-order chi connectivity index (χ0) is 89.2. The van der Waals surface area contributed by atoms with Crippen molar-refractivity contribution in [2.45, 2.75) is 567 Å². The SMILES string of the molecule is CCCCCCCC/C=C\CCCCCCCCOCC(OCCCCCCCC/C=C\CCCCCCCC)C(CCCCCCCCCCCC)C1CC(=O)N(OC(=O)ON2C(=O)CC(C(CCCCCCCCCCCC)C(COCCCCCCCC/C=C\CCCCCCCC)OCCCCCCCC/C=C\CCCCCCCC)C2=O)C1=O. The van der Waals surface area contributed by atoms with E-state index in [0.717, 1.165) is 128 Å². The first kappa shape index (κ1) is 116. The molecule has 0 spiro atoms. The number of nitrogens with zero attached hydrogens (tertiary/aromatic N) is 2. The Bertz CT molecular complexity index is 2320. The maximum absolute atomic E-state index is 15.0. The van der Waals surface area contributed by atoms with Crippen molar-refractivity contribution in [1.82, 2.24) is 10.1 Å². The van der Waals surface area contributed by atoms with Crippen molar-refractivity contribution in [3.05, 3.63) is 48.6 Å². The Balaban J connectivity index is 2.34. The zero-order valence-electron chi connectivity index (χ0n) is 82.8. The van der Waals surface area contributed by atoms with Gasteiger partial charge in [-0.2, -0.15) is 4.79 Å². The molecule has 0 radical (unpaired) electrons. The molecule has 0 saturated carbocycles. The molecule has 0 bridgehead atoms. The second-order valence-corrected chi connectivity index (χ2v) is 38.1. The third-order valence-electron chi connectivity index (χ3n) is 26.5. The Kier molecular flexibility index (Phi) is 85.7. The van der Waals surface area contributed by atoms with Crippen molar-refractivity contribution >= 4 is 29.8 Å². The van der Waals surface area contributed by atoms with E-state index < -0.39 is 53.8 Å². The molecule has 0 aromatic carbocycles. The van der Waals surface area contributed by atoms with Crippen LogP contribution in [0.3, 0.4) is 0 Å². The van der Waals surface area contributed by atoms with E-state index in [1.165, 1.54) is 360 Å². The fourth-order valence-corrected chi connectivity index (χ4v) is 18.4. The van der Waals surface area contributed by atoms with Gasteiger partial charge in [-0.1, -0.05) is 460 Å². The number of allylic oxidation sites excluding steroid dienone is 8. The standard InChI is InChI=1S/C111H204N2O11/c1-7-13-19-25-31-37-43-47-51-55-59-63-69-75-81-87-93-119-99-105(121-95-89-83-77-71-65-61-57-53-49-45-39-33-27-21-15-9-3)101(91-85-79-73-67-41-35-29-23-17-11-5)103-97-107(114)112(109(103)116)123-111(118)124-113-108(115)98-104(110(113)117)102(92-86-80-74-68-42-36-30-24-18-12-6)106(122-96-90-84-78-72-66-62-58-54-50-46-40-34-28-22-16-10-4)100-120-94-88-82-76-70-64-60-56-52-48-44-38-32-26-20-14-8-2/h47-54,101-106H,7-46,55-100H2,1-6H3/b51-47-,52-48-,53-49-,54-50-. The lowest BCUT2D eigenvalue weighted by atomic mass is 9.82. The number of ether oxygens (including phenoxy) is 4. The van der Waals surface area contributed by atoms with Crippen LogP contribution in [0.1, 0.15) is 555 Å². The molecule has 2 saturated heterocycles. The minimum atomic E-state index is -1.47. The predicted octanol–water partition coefficient (Wildman–Crippen LogP) is 34.5. The molecule has 0 N–H and O–H groups in total. The molecule has 2 fully saturated rings. The summed E-state index contributed by atoms with van der Waals surface area (Å²) in [5.74, 6) is -5.02. The summed E-state index contributed by atoms with van der Waals surface area (Å²) in [4.78, 5) is 84.1. The van der Waals surface area contributed by atoms with E-state index in [2.05, 4.69) is 90.2 Å². The van der Waals surface area contributed by atoms with Crippen molar-refractivity contribution in [2.24, 2.45) is 23.7 Å². The Labute approximate surface area is 767 Å². The number of unbranched alkanes of at least 4 members (excludes halogenated alkanes) is 66. The number of carbonyl (C=O) groups is 5. The first-order valence-electron chi connectivity index (χ1n) is 54.8. The highest BCUT2D eigenvalue weighted by Crippen LogP contribution is 2.38. The number of imide groups is 2.